The van der Waals surface area contributed by atoms with Crippen LogP contribution in [0.5, 0.6) is 5.75 Å². The van der Waals surface area contributed by atoms with E-state index in [1.165, 1.54) is 0 Å². The Hall–Kier alpha value is -1.91. The van der Waals surface area contributed by atoms with E-state index in [4.69, 9.17) is 16.2 Å². The largest absolute Gasteiger partial charge is 0.410 e. The molecule has 0 aromatic heterocycles. The third kappa shape index (κ3) is 3.06. The molecule has 100 valence electrons. The Balaban J connectivity index is 3.39. The predicted octanol–water partition coefficient (Wildman–Crippen LogP) is 2.09. The van der Waals surface area contributed by atoms with Crippen LogP contribution < -0.4 is 21.1 Å². The maximum atomic E-state index is 10.8. The molecule has 0 heterocycles. The summed E-state index contributed by atoms with van der Waals surface area (Å²) in [7, 11) is 3.85. The van der Waals surface area contributed by atoms with Crippen LogP contribution in [0, 0.1) is 0 Å². The minimum Gasteiger partial charge on any atom is -0.408 e. The Kier molecular flexibility index (Phi) is 3.74. The van der Waals surface area contributed by atoms with Crippen molar-refractivity contribution >= 4 is 17.5 Å². The lowest BCUT2D eigenvalue weighted by molar-refractivity contribution is 0.211. The number of benzene rings is 1. The highest BCUT2D eigenvalue weighted by molar-refractivity contribution is 5.74. The molecular weight excluding hydrogens is 230 g/mol. The highest BCUT2D eigenvalue weighted by Crippen LogP contribution is 2.37. The van der Waals surface area contributed by atoms with Gasteiger partial charge in [0.2, 0.25) is 0 Å². The van der Waals surface area contributed by atoms with Crippen molar-refractivity contribution in [3.05, 3.63) is 17.7 Å². The number of primary amides is 1. The Bertz CT molecular complexity index is 462. The number of hydrogen-bond donors (Lipinski definition) is 2. The first-order valence-electron chi connectivity index (χ1n) is 5.71. The number of carbonyl (C=O) groups excluding carboxylic acids is 1. The quantitative estimate of drug-likeness (QED) is 0.788. The van der Waals surface area contributed by atoms with Gasteiger partial charge in [-0.1, -0.05) is 20.8 Å². The van der Waals surface area contributed by atoms with Crippen molar-refractivity contribution < 1.29 is 9.53 Å². The summed E-state index contributed by atoms with van der Waals surface area (Å²) in [6, 6.07) is 3.56. The molecule has 0 saturated carbocycles. The van der Waals surface area contributed by atoms with Crippen LogP contribution in [0.4, 0.5) is 16.2 Å². The summed E-state index contributed by atoms with van der Waals surface area (Å²) in [6.07, 6.45) is -0.866. The van der Waals surface area contributed by atoms with Crippen LogP contribution in [-0.2, 0) is 5.41 Å². The Morgan fingerprint density at radius 1 is 1.28 bits per heavy atom. The first kappa shape index (κ1) is 14.2. The van der Waals surface area contributed by atoms with Gasteiger partial charge in [-0.15, -0.1) is 0 Å². The smallest absolute Gasteiger partial charge is 0.408 e. The molecule has 0 fully saturated rings. The molecule has 1 aromatic rings. The van der Waals surface area contributed by atoms with Crippen molar-refractivity contribution in [1.82, 2.24) is 0 Å². The number of hydrogen-bond acceptors (Lipinski definition) is 4. The number of anilines is 2. The highest BCUT2D eigenvalue weighted by atomic mass is 16.5. The van der Waals surface area contributed by atoms with Gasteiger partial charge in [0.25, 0.3) is 0 Å². The van der Waals surface area contributed by atoms with Crippen molar-refractivity contribution in [2.24, 2.45) is 5.73 Å². The number of ether oxygens (including phenoxy) is 1. The van der Waals surface area contributed by atoms with Gasteiger partial charge in [0.05, 0.1) is 5.69 Å². The van der Waals surface area contributed by atoms with E-state index < -0.39 is 6.09 Å². The van der Waals surface area contributed by atoms with E-state index in [0.717, 1.165) is 11.3 Å². The molecule has 0 saturated heterocycles. The van der Waals surface area contributed by atoms with Crippen LogP contribution in [0.2, 0.25) is 0 Å². The average Bonchev–Trinajstić information content (AvgIpc) is 2.17. The van der Waals surface area contributed by atoms with E-state index in [1.54, 1.807) is 6.07 Å². The number of carbonyl (C=O) groups is 1. The van der Waals surface area contributed by atoms with Gasteiger partial charge in [-0.3, -0.25) is 0 Å². The molecule has 4 N–H and O–H groups in total. The second-order valence-corrected chi connectivity index (χ2v) is 5.47. The van der Waals surface area contributed by atoms with Gasteiger partial charge in [-0.05, 0) is 17.0 Å². The van der Waals surface area contributed by atoms with Crippen LogP contribution in [0.1, 0.15) is 26.3 Å². The molecule has 1 aromatic carbocycles. The zero-order valence-corrected chi connectivity index (χ0v) is 11.6. The topological polar surface area (TPSA) is 81.6 Å². The maximum Gasteiger partial charge on any atom is 0.410 e. The summed E-state index contributed by atoms with van der Waals surface area (Å²) in [5, 5.41) is 0. The van der Waals surface area contributed by atoms with Crippen molar-refractivity contribution in [1.29, 1.82) is 0 Å². The minimum atomic E-state index is -0.866. The lowest BCUT2D eigenvalue weighted by atomic mass is 9.85. The lowest BCUT2D eigenvalue weighted by Crippen LogP contribution is -2.21. The third-order valence-corrected chi connectivity index (χ3v) is 2.63. The van der Waals surface area contributed by atoms with Crippen molar-refractivity contribution in [3.8, 4) is 5.75 Å². The molecule has 0 atom stereocenters. The number of nitrogens with zero attached hydrogens (tertiary/aromatic N) is 1. The molecule has 5 nitrogen and oxygen atoms in total. The second kappa shape index (κ2) is 4.76. The maximum absolute atomic E-state index is 10.8. The summed E-state index contributed by atoms with van der Waals surface area (Å²) >= 11 is 0. The van der Waals surface area contributed by atoms with Crippen LogP contribution >= 0.6 is 0 Å². The molecule has 0 spiro atoms. The standard InChI is InChI=1S/C13H21N3O2/c1-13(2,3)8-6-9(14)11(18-12(15)17)7-10(8)16(4)5/h6-7H,14H2,1-5H3,(H2,15,17). The monoisotopic (exact) mass is 251 g/mol. The average molecular weight is 251 g/mol. The van der Waals surface area contributed by atoms with Crippen molar-refractivity contribution in [2.75, 3.05) is 24.7 Å². The van der Waals surface area contributed by atoms with E-state index in [2.05, 4.69) is 20.8 Å². The minimum absolute atomic E-state index is 0.0566. The molecule has 0 bridgehead atoms. The van der Waals surface area contributed by atoms with Crippen molar-refractivity contribution in [3.63, 3.8) is 0 Å². The van der Waals surface area contributed by atoms with Gasteiger partial charge in [-0.2, -0.15) is 0 Å². The van der Waals surface area contributed by atoms with E-state index in [1.807, 2.05) is 25.1 Å². The number of rotatable bonds is 2. The van der Waals surface area contributed by atoms with Crippen LogP contribution in [-0.4, -0.2) is 20.2 Å². The molecule has 18 heavy (non-hydrogen) atoms. The first-order chi connectivity index (χ1) is 8.12. The van der Waals surface area contributed by atoms with Gasteiger partial charge in [-0.25, -0.2) is 4.79 Å². The molecule has 0 aliphatic rings. The molecule has 0 aliphatic carbocycles. The molecular formula is C13H21N3O2. The van der Waals surface area contributed by atoms with E-state index >= 15 is 0 Å². The van der Waals surface area contributed by atoms with E-state index in [0.29, 0.717) is 11.4 Å². The van der Waals surface area contributed by atoms with Crippen molar-refractivity contribution in [2.45, 2.75) is 26.2 Å². The molecule has 0 unspecified atom stereocenters. The summed E-state index contributed by atoms with van der Waals surface area (Å²) in [4.78, 5) is 12.8. The fraction of sp³-hybridized carbons (Fsp3) is 0.462. The fourth-order valence-electron chi connectivity index (χ4n) is 1.75. The number of nitrogens with two attached hydrogens (primary N) is 2. The van der Waals surface area contributed by atoms with E-state index in [9.17, 15) is 4.79 Å². The predicted molar refractivity (Wildman–Crippen MR) is 74.1 cm³/mol. The summed E-state index contributed by atoms with van der Waals surface area (Å²) in [6.45, 7) is 6.30. The molecule has 1 rings (SSSR count). The van der Waals surface area contributed by atoms with E-state index in [-0.39, 0.29) is 5.41 Å². The number of nitrogen functional groups attached to an aromatic ring is 1. The fourth-order valence-corrected chi connectivity index (χ4v) is 1.75. The number of amides is 1. The zero-order chi connectivity index (χ0) is 14.1. The molecule has 0 aliphatic heterocycles. The van der Waals surface area contributed by atoms with Crippen LogP contribution in [0.3, 0.4) is 0 Å². The normalized spacial score (nSPS) is 11.2. The Morgan fingerprint density at radius 3 is 2.22 bits per heavy atom. The molecule has 0 radical (unpaired) electrons. The Morgan fingerprint density at radius 2 is 1.83 bits per heavy atom. The Labute approximate surface area is 108 Å². The second-order valence-electron chi connectivity index (χ2n) is 5.47. The molecule has 1 amide bonds. The van der Waals surface area contributed by atoms with Gasteiger partial charge in [0.15, 0.2) is 5.75 Å². The SMILES string of the molecule is CN(C)c1cc(OC(N)=O)c(N)cc1C(C)(C)C. The van der Waals surface area contributed by atoms with Gasteiger partial charge < -0.3 is 21.1 Å². The summed E-state index contributed by atoms with van der Waals surface area (Å²) in [5.74, 6) is 0.291. The first-order valence-corrected chi connectivity index (χ1v) is 5.71. The zero-order valence-electron chi connectivity index (χ0n) is 11.6. The van der Waals surface area contributed by atoms with Gasteiger partial charge >= 0.3 is 6.09 Å². The third-order valence-electron chi connectivity index (χ3n) is 2.63. The highest BCUT2D eigenvalue weighted by Gasteiger charge is 2.21. The van der Waals surface area contributed by atoms with Gasteiger partial charge in [0.1, 0.15) is 0 Å². The summed E-state index contributed by atoms with van der Waals surface area (Å²) < 4.78 is 4.89. The summed E-state index contributed by atoms with van der Waals surface area (Å²) in [5.41, 5.74) is 13.3. The molecule has 5 heteroatoms. The lowest BCUT2D eigenvalue weighted by Gasteiger charge is -2.27. The van der Waals surface area contributed by atoms with Gasteiger partial charge in [0, 0.05) is 25.8 Å². The van der Waals surface area contributed by atoms with Crippen LogP contribution in [0.25, 0.3) is 0 Å². The van der Waals surface area contributed by atoms with Crippen LogP contribution in [0.15, 0.2) is 12.1 Å².